The third-order valence-corrected chi connectivity index (χ3v) is 3.56. The highest BCUT2D eigenvalue weighted by Crippen LogP contribution is 2.05. The number of likely N-dealkylation sites (N-methyl/N-ethyl adjacent to an activating group) is 1. The van der Waals surface area contributed by atoms with Crippen LogP contribution in [0.1, 0.15) is 13.8 Å². The summed E-state index contributed by atoms with van der Waals surface area (Å²) in [6.45, 7) is 14.1. The number of piperazine rings is 1. The van der Waals surface area contributed by atoms with E-state index in [-0.39, 0.29) is 12.5 Å². The van der Waals surface area contributed by atoms with Gasteiger partial charge in [0.2, 0.25) is 5.91 Å². The highest BCUT2D eigenvalue weighted by atomic mass is 16.2. The first-order valence-electron chi connectivity index (χ1n) is 8.00. The van der Waals surface area contributed by atoms with Crippen LogP contribution in [0, 0.1) is 5.92 Å². The average Bonchev–Trinajstić information content (AvgIpc) is 2.47. The van der Waals surface area contributed by atoms with Crippen molar-refractivity contribution in [2.45, 2.75) is 13.8 Å². The first-order chi connectivity index (χ1) is 10.4. The minimum Gasteiger partial charge on any atom is -0.353 e. The van der Waals surface area contributed by atoms with E-state index in [1.165, 1.54) is 0 Å². The zero-order valence-electron chi connectivity index (χ0n) is 14.5. The van der Waals surface area contributed by atoms with Crippen molar-refractivity contribution in [2.75, 3.05) is 59.9 Å². The van der Waals surface area contributed by atoms with E-state index in [0.717, 1.165) is 38.7 Å². The molecular formula is C16H31N5O. The lowest BCUT2D eigenvalue weighted by atomic mass is 10.2. The molecule has 0 saturated carbocycles. The smallest absolute Gasteiger partial charge is 0.243 e. The van der Waals surface area contributed by atoms with E-state index in [2.05, 4.69) is 40.5 Å². The number of guanidine groups is 1. The molecule has 1 N–H and O–H groups in total. The Bertz CT molecular complexity index is 384. The summed E-state index contributed by atoms with van der Waals surface area (Å²) in [5.74, 6) is 1.51. The van der Waals surface area contributed by atoms with Crippen LogP contribution in [0.3, 0.4) is 0 Å². The quantitative estimate of drug-likeness (QED) is 0.440. The van der Waals surface area contributed by atoms with Crippen LogP contribution in [0.5, 0.6) is 0 Å². The fourth-order valence-corrected chi connectivity index (χ4v) is 2.37. The van der Waals surface area contributed by atoms with Gasteiger partial charge in [-0.2, -0.15) is 0 Å². The van der Waals surface area contributed by atoms with Crippen LogP contribution in [-0.2, 0) is 4.79 Å². The van der Waals surface area contributed by atoms with Crippen LogP contribution in [0.25, 0.3) is 0 Å². The Labute approximate surface area is 134 Å². The Hall–Kier alpha value is -1.56. The zero-order valence-corrected chi connectivity index (χ0v) is 14.5. The van der Waals surface area contributed by atoms with Crippen LogP contribution in [-0.4, -0.2) is 86.5 Å². The van der Waals surface area contributed by atoms with Crippen molar-refractivity contribution in [1.82, 2.24) is 20.0 Å². The lowest BCUT2D eigenvalue weighted by molar-refractivity contribution is -0.127. The SMILES string of the molecule is C=CCNC(=NCC(=O)N(C)C)N1CCN(CC(C)C)CC1. The second-order valence-corrected chi connectivity index (χ2v) is 6.28. The largest absolute Gasteiger partial charge is 0.353 e. The molecule has 6 nitrogen and oxygen atoms in total. The molecule has 1 rings (SSSR count). The van der Waals surface area contributed by atoms with Gasteiger partial charge in [-0.3, -0.25) is 9.69 Å². The third kappa shape index (κ3) is 6.47. The maximum atomic E-state index is 11.7. The van der Waals surface area contributed by atoms with E-state index in [1.807, 2.05) is 0 Å². The molecule has 0 aromatic heterocycles. The van der Waals surface area contributed by atoms with E-state index < -0.39 is 0 Å². The monoisotopic (exact) mass is 309 g/mol. The van der Waals surface area contributed by atoms with Crippen LogP contribution >= 0.6 is 0 Å². The second-order valence-electron chi connectivity index (χ2n) is 6.28. The van der Waals surface area contributed by atoms with E-state index in [0.29, 0.717) is 12.5 Å². The summed E-state index contributed by atoms with van der Waals surface area (Å²) in [6, 6.07) is 0. The Balaban J connectivity index is 2.59. The predicted molar refractivity (Wildman–Crippen MR) is 92.0 cm³/mol. The van der Waals surface area contributed by atoms with Crippen molar-refractivity contribution in [3.05, 3.63) is 12.7 Å². The van der Waals surface area contributed by atoms with E-state index >= 15 is 0 Å². The maximum absolute atomic E-state index is 11.7. The van der Waals surface area contributed by atoms with E-state index in [9.17, 15) is 4.79 Å². The standard InChI is InChI=1S/C16H31N5O/c1-6-7-17-16(18-12-15(22)19(4)5)21-10-8-20(9-11-21)13-14(2)3/h6,14H,1,7-13H2,2-5H3,(H,17,18). The Kier molecular flexibility index (Phi) is 7.95. The van der Waals surface area contributed by atoms with Crippen LogP contribution in [0.15, 0.2) is 17.6 Å². The molecule has 0 bridgehead atoms. The number of nitrogens with one attached hydrogen (secondary N) is 1. The highest BCUT2D eigenvalue weighted by molar-refractivity contribution is 5.85. The first-order valence-corrected chi connectivity index (χ1v) is 8.00. The number of carbonyl (C=O) groups is 1. The number of aliphatic imine (C=N–C) groups is 1. The number of hydrogen-bond donors (Lipinski definition) is 1. The van der Waals surface area contributed by atoms with Crippen molar-refractivity contribution in [1.29, 1.82) is 0 Å². The number of rotatable bonds is 6. The zero-order chi connectivity index (χ0) is 16.5. The summed E-state index contributed by atoms with van der Waals surface area (Å²) in [4.78, 5) is 22.5. The molecule has 1 heterocycles. The van der Waals surface area contributed by atoms with Gasteiger partial charge < -0.3 is 15.1 Å². The summed E-state index contributed by atoms with van der Waals surface area (Å²) in [5, 5.41) is 3.26. The van der Waals surface area contributed by atoms with Crippen molar-refractivity contribution in [2.24, 2.45) is 10.9 Å². The molecular weight excluding hydrogens is 278 g/mol. The van der Waals surface area contributed by atoms with Gasteiger partial charge in [-0.1, -0.05) is 19.9 Å². The molecule has 0 unspecified atom stereocenters. The van der Waals surface area contributed by atoms with Crippen LogP contribution < -0.4 is 5.32 Å². The number of nitrogens with zero attached hydrogens (tertiary/aromatic N) is 4. The molecule has 1 fully saturated rings. The summed E-state index contributed by atoms with van der Waals surface area (Å²) >= 11 is 0. The van der Waals surface area contributed by atoms with Gasteiger partial charge in [0, 0.05) is 53.4 Å². The number of amides is 1. The van der Waals surface area contributed by atoms with Gasteiger partial charge in [-0.05, 0) is 5.92 Å². The lowest BCUT2D eigenvalue weighted by Crippen LogP contribution is -2.53. The fourth-order valence-electron chi connectivity index (χ4n) is 2.37. The molecule has 1 saturated heterocycles. The van der Waals surface area contributed by atoms with Gasteiger partial charge in [-0.25, -0.2) is 4.99 Å². The van der Waals surface area contributed by atoms with Crippen LogP contribution in [0.4, 0.5) is 0 Å². The van der Waals surface area contributed by atoms with E-state index in [1.54, 1.807) is 25.1 Å². The molecule has 6 heteroatoms. The van der Waals surface area contributed by atoms with Crippen molar-refractivity contribution in [3.8, 4) is 0 Å². The summed E-state index contributed by atoms with van der Waals surface area (Å²) in [6.07, 6.45) is 1.80. The lowest BCUT2D eigenvalue weighted by Gasteiger charge is -2.37. The first kappa shape index (κ1) is 18.5. The highest BCUT2D eigenvalue weighted by Gasteiger charge is 2.20. The van der Waals surface area contributed by atoms with Gasteiger partial charge in [0.15, 0.2) is 5.96 Å². The molecule has 0 aliphatic carbocycles. The fraction of sp³-hybridized carbons (Fsp3) is 0.750. The number of hydrogen-bond acceptors (Lipinski definition) is 3. The average molecular weight is 309 g/mol. The molecule has 0 aromatic rings. The molecule has 0 aromatic carbocycles. The summed E-state index contributed by atoms with van der Waals surface area (Å²) < 4.78 is 0. The number of carbonyl (C=O) groups excluding carboxylic acids is 1. The van der Waals surface area contributed by atoms with Gasteiger partial charge in [0.25, 0.3) is 0 Å². The van der Waals surface area contributed by atoms with E-state index in [4.69, 9.17) is 0 Å². The van der Waals surface area contributed by atoms with Crippen molar-refractivity contribution < 1.29 is 4.79 Å². The van der Waals surface area contributed by atoms with Crippen LogP contribution in [0.2, 0.25) is 0 Å². The Morgan fingerprint density at radius 3 is 2.45 bits per heavy atom. The molecule has 0 atom stereocenters. The van der Waals surface area contributed by atoms with Gasteiger partial charge in [0.05, 0.1) is 0 Å². The molecule has 1 aliphatic rings. The molecule has 1 amide bonds. The molecule has 0 radical (unpaired) electrons. The van der Waals surface area contributed by atoms with Gasteiger partial charge >= 0.3 is 0 Å². The normalized spacial score (nSPS) is 16.8. The Morgan fingerprint density at radius 1 is 1.32 bits per heavy atom. The minimum absolute atomic E-state index is 0.0105. The molecule has 126 valence electrons. The maximum Gasteiger partial charge on any atom is 0.243 e. The molecule has 22 heavy (non-hydrogen) atoms. The summed E-state index contributed by atoms with van der Waals surface area (Å²) in [7, 11) is 3.50. The van der Waals surface area contributed by atoms with Crippen molar-refractivity contribution in [3.63, 3.8) is 0 Å². The minimum atomic E-state index is 0.0105. The molecule has 0 spiro atoms. The Morgan fingerprint density at radius 2 is 1.95 bits per heavy atom. The predicted octanol–water partition coefficient (Wildman–Crippen LogP) is 0.480. The topological polar surface area (TPSA) is 51.2 Å². The summed E-state index contributed by atoms with van der Waals surface area (Å²) in [5.41, 5.74) is 0. The molecule has 1 aliphatic heterocycles. The van der Waals surface area contributed by atoms with Gasteiger partial charge in [-0.15, -0.1) is 6.58 Å². The van der Waals surface area contributed by atoms with Gasteiger partial charge in [0.1, 0.15) is 6.54 Å². The van der Waals surface area contributed by atoms with Crippen molar-refractivity contribution >= 4 is 11.9 Å². The second kappa shape index (κ2) is 9.46. The third-order valence-electron chi connectivity index (χ3n) is 3.56.